The van der Waals surface area contributed by atoms with E-state index in [-0.39, 0.29) is 5.97 Å². The Hall–Kier alpha value is -1.55. The van der Waals surface area contributed by atoms with Crippen LogP contribution in [0, 0.1) is 13.8 Å². The lowest BCUT2D eigenvalue weighted by molar-refractivity contribution is -0.150. The van der Waals surface area contributed by atoms with Crippen LogP contribution in [0.1, 0.15) is 31.4 Å². The molecule has 0 fully saturated rings. The van der Waals surface area contributed by atoms with Gasteiger partial charge in [0, 0.05) is 6.42 Å². The zero-order valence-electron chi connectivity index (χ0n) is 13.1. The van der Waals surface area contributed by atoms with Crippen molar-refractivity contribution in [3.63, 3.8) is 0 Å². The molecule has 0 heterocycles. The summed E-state index contributed by atoms with van der Waals surface area (Å²) in [5, 5.41) is 3.02. The molecular formula is C16H25NO3. The maximum Gasteiger partial charge on any atom is 0.326 e. The van der Waals surface area contributed by atoms with Crippen LogP contribution in [0.5, 0.6) is 5.75 Å². The number of aryl methyl sites for hydroxylation is 2. The summed E-state index contributed by atoms with van der Waals surface area (Å²) in [5.41, 5.74) is 1.62. The number of hydrogen-bond acceptors (Lipinski definition) is 4. The Morgan fingerprint density at radius 3 is 2.35 bits per heavy atom. The molecule has 4 nitrogen and oxygen atoms in total. The van der Waals surface area contributed by atoms with Gasteiger partial charge in [0.25, 0.3) is 0 Å². The first-order valence-electron chi connectivity index (χ1n) is 6.98. The van der Waals surface area contributed by atoms with E-state index in [0.717, 1.165) is 5.75 Å². The van der Waals surface area contributed by atoms with Gasteiger partial charge in [-0.1, -0.05) is 6.07 Å². The zero-order chi connectivity index (χ0) is 15.2. The normalized spacial score (nSPS) is 13.7. The number of esters is 1. The van der Waals surface area contributed by atoms with E-state index >= 15 is 0 Å². The van der Waals surface area contributed by atoms with Crippen molar-refractivity contribution in [2.75, 3.05) is 20.3 Å². The van der Waals surface area contributed by atoms with Crippen molar-refractivity contribution in [2.24, 2.45) is 0 Å². The van der Waals surface area contributed by atoms with E-state index in [1.54, 1.807) is 14.0 Å². The molecule has 0 aliphatic carbocycles. The average molecular weight is 279 g/mol. The monoisotopic (exact) mass is 279 g/mol. The Morgan fingerprint density at radius 1 is 1.25 bits per heavy atom. The third-order valence-electron chi connectivity index (χ3n) is 3.34. The van der Waals surface area contributed by atoms with E-state index in [9.17, 15) is 4.79 Å². The number of rotatable bonds is 7. The van der Waals surface area contributed by atoms with E-state index < -0.39 is 5.54 Å². The Labute approximate surface area is 121 Å². The second-order valence-electron chi connectivity index (χ2n) is 5.22. The van der Waals surface area contributed by atoms with Gasteiger partial charge in [-0.2, -0.15) is 0 Å². The van der Waals surface area contributed by atoms with Gasteiger partial charge < -0.3 is 14.8 Å². The highest BCUT2D eigenvalue weighted by Crippen LogP contribution is 2.18. The van der Waals surface area contributed by atoms with E-state index in [1.807, 2.05) is 32.9 Å². The van der Waals surface area contributed by atoms with E-state index in [4.69, 9.17) is 9.47 Å². The topological polar surface area (TPSA) is 47.6 Å². The molecule has 0 aliphatic rings. The summed E-state index contributed by atoms with van der Waals surface area (Å²) in [6.07, 6.45) is 0.551. The molecule has 1 unspecified atom stereocenters. The van der Waals surface area contributed by atoms with Crippen molar-refractivity contribution < 1.29 is 14.3 Å². The summed E-state index contributed by atoms with van der Waals surface area (Å²) in [6, 6.07) is 6.09. The van der Waals surface area contributed by atoms with Crippen molar-refractivity contribution in [3.05, 3.63) is 29.3 Å². The number of likely N-dealkylation sites (N-methyl/N-ethyl adjacent to an activating group) is 1. The maximum absolute atomic E-state index is 11.9. The minimum absolute atomic E-state index is 0.244. The predicted molar refractivity (Wildman–Crippen MR) is 80.1 cm³/mol. The van der Waals surface area contributed by atoms with Gasteiger partial charge in [0.15, 0.2) is 0 Å². The van der Waals surface area contributed by atoms with Crippen LogP contribution in [-0.2, 0) is 9.53 Å². The van der Waals surface area contributed by atoms with E-state index in [2.05, 4.69) is 11.4 Å². The molecular weight excluding hydrogens is 254 g/mol. The SMILES string of the molecule is CCOC(=O)C(C)(CCOc1cc(C)cc(C)c1)NC. The number of benzene rings is 1. The summed E-state index contributed by atoms with van der Waals surface area (Å²) in [5.74, 6) is 0.594. The average Bonchev–Trinajstić information content (AvgIpc) is 2.37. The van der Waals surface area contributed by atoms with Gasteiger partial charge in [-0.25, -0.2) is 0 Å². The summed E-state index contributed by atoms with van der Waals surface area (Å²) >= 11 is 0. The Morgan fingerprint density at radius 2 is 1.85 bits per heavy atom. The van der Waals surface area contributed by atoms with Gasteiger partial charge in [0.2, 0.25) is 0 Å². The van der Waals surface area contributed by atoms with Crippen LogP contribution in [-0.4, -0.2) is 31.8 Å². The van der Waals surface area contributed by atoms with Crippen LogP contribution in [0.3, 0.4) is 0 Å². The standard InChI is InChI=1S/C16H25NO3/c1-6-19-15(18)16(4,17-5)7-8-20-14-10-12(2)9-13(3)11-14/h9-11,17H,6-8H2,1-5H3. The van der Waals surface area contributed by atoms with Gasteiger partial charge in [-0.15, -0.1) is 0 Å². The molecule has 1 rings (SSSR count). The molecule has 0 aliphatic heterocycles. The van der Waals surface area contributed by atoms with E-state index in [1.165, 1.54) is 11.1 Å². The number of carbonyl (C=O) groups excluding carboxylic acids is 1. The molecule has 0 aromatic heterocycles. The summed E-state index contributed by atoms with van der Waals surface area (Å²) in [7, 11) is 1.76. The zero-order valence-corrected chi connectivity index (χ0v) is 13.1. The second kappa shape index (κ2) is 7.29. The maximum atomic E-state index is 11.9. The Bertz CT molecular complexity index is 439. The molecule has 0 bridgehead atoms. The molecule has 1 aromatic rings. The first kappa shape index (κ1) is 16.5. The smallest absolute Gasteiger partial charge is 0.326 e. The largest absolute Gasteiger partial charge is 0.493 e. The van der Waals surface area contributed by atoms with Crippen molar-refractivity contribution in [2.45, 2.75) is 39.7 Å². The van der Waals surface area contributed by atoms with E-state index in [0.29, 0.717) is 19.6 Å². The first-order valence-corrected chi connectivity index (χ1v) is 6.98. The summed E-state index contributed by atoms with van der Waals surface area (Å²) in [4.78, 5) is 11.9. The third kappa shape index (κ3) is 4.53. The quantitative estimate of drug-likeness (QED) is 0.779. The first-order chi connectivity index (χ1) is 9.41. The summed E-state index contributed by atoms with van der Waals surface area (Å²) < 4.78 is 10.8. The van der Waals surface area contributed by atoms with Crippen LogP contribution in [0.4, 0.5) is 0 Å². The number of ether oxygens (including phenoxy) is 2. The lowest BCUT2D eigenvalue weighted by Crippen LogP contribution is -2.49. The number of hydrogen-bond donors (Lipinski definition) is 1. The minimum Gasteiger partial charge on any atom is -0.493 e. The van der Waals surface area contributed by atoms with Crippen LogP contribution in [0.2, 0.25) is 0 Å². The molecule has 1 atom stereocenters. The fourth-order valence-corrected chi connectivity index (χ4v) is 2.01. The Balaban J connectivity index is 2.59. The molecule has 1 N–H and O–H groups in total. The van der Waals surface area contributed by atoms with Crippen LogP contribution in [0.25, 0.3) is 0 Å². The molecule has 0 saturated carbocycles. The van der Waals surface area contributed by atoms with Gasteiger partial charge in [-0.05, 0) is 58.0 Å². The minimum atomic E-state index is -0.713. The second-order valence-corrected chi connectivity index (χ2v) is 5.22. The van der Waals surface area contributed by atoms with Gasteiger partial charge in [0.1, 0.15) is 11.3 Å². The molecule has 1 aromatic carbocycles. The fraction of sp³-hybridized carbons (Fsp3) is 0.562. The molecule has 4 heteroatoms. The van der Waals surface area contributed by atoms with Gasteiger partial charge in [-0.3, -0.25) is 4.79 Å². The van der Waals surface area contributed by atoms with Crippen LogP contribution >= 0.6 is 0 Å². The molecule has 0 amide bonds. The van der Waals surface area contributed by atoms with Gasteiger partial charge >= 0.3 is 5.97 Å². The highest BCUT2D eigenvalue weighted by molar-refractivity contribution is 5.80. The van der Waals surface area contributed by atoms with Crippen molar-refractivity contribution in [3.8, 4) is 5.75 Å². The van der Waals surface area contributed by atoms with Gasteiger partial charge in [0.05, 0.1) is 13.2 Å². The predicted octanol–water partition coefficient (Wildman–Crippen LogP) is 2.61. The summed E-state index contributed by atoms with van der Waals surface area (Å²) in [6.45, 7) is 8.55. The van der Waals surface area contributed by atoms with Crippen LogP contribution < -0.4 is 10.1 Å². The lowest BCUT2D eigenvalue weighted by Gasteiger charge is -2.26. The lowest BCUT2D eigenvalue weighted by atomic mass is 9.99. The molecule has 0 spiro atoms. The van der Waals surface area contributed by atoms with Crippen LogP contribution in [0.15, 0.2) is 18.2 Å². The number of nitrogens with one attached hydrogen (secondary N) is 1. The third-order valence-corrected chi connectivity index (χ3v) is 3.34. The number of carbonyl (C=O) groups is 1. The molecule has 20 heavy (non-hydrogen) atoms. The Kier molecular flexibility index (Phi) is 6.02. The van der Waals surface area contributed by atoms with Crippen molar-refractivity contribution >= 4 is 5.97 Å². The fourth-order valence-electron chi connectivity index (χ4n) is 2.01. The highest BCUT2D eigenvalue weighted by atomic mass is 16.5. The highest BCUT2D eigenvalue weighted by Gasteiger charge is 2.32. The molecule has 112 valence electrons. The van der Waals surface area contributed by atoms with Crippen molar-refractivity contribution in [1.29, 1.82) is 0 Å². The molecule has 0 radical (unpaired) electrons. The molecule has 0 saturated heterocycles. The van der Waals surface area contributed by atoms with Crippen molar-refractivity contribution in [1.82, 2.24) is 5.32 Å².